The number of nitrogen functional groups attached to an aromatic ring is 1. The summed E-state index contributed by atoms with van der Waals surface area (Å²) in [6.07, 6.45) is 0.643. The van der Waals surface area contributed by atoms with Crippen molar-refractivity contribution in [3.05, 3.63) is 154 Å². The summed E-state index contributed by atoms with van der Waals surface area (Å²) in [6.45, 7) is 0.507. The molecule has 2 amide bonds. The molecule has 7 rings (SSSR count). The van der Waals surface area contributed by atoms with Crippen LogP contribution in [0.2, 0.25) is 0 Å². The van der Waals surface area contributed by atoms with E-state index in [2.05, 4.69) is 15.3 Å². The van der Waals surface area contributed by atoms with Gasteiger partial charge in [-0.1, -0.05) is 78.9 Å². The molecule has 3 heterocycles. The number of rotatable bonds is 11. The summed E-state index contributed by atoms with van der Waals surface area (Å²) in [6, 6.07) is 30.4. The van der Waals surface area contributed by atoms with Gasteiger partial charge in [-0.25, -0.2) is 4.79 Å². The zero-order valence-electron chi connectivity index (χ0n) is 27.7. The molecule has 1 aliphatic heterocycles. The lowest BCUT2D eigenvalue weighted by atomic mass is 9.91. The number of aliphatic hydroxyl groups excluding tert-OH is 2. The van der Waals surface area contributed by atoms with Crippen LogP contribution in [0, 0.1) is 10.1 Å². The van der Waals surface area contributed by atoms with Crippen molar-refractivity contribution in [2.24, 2.45) is 0 Å². The number of nitro groups is 1. The number of aliphatic hydroxyl groups is 2. The number of nitrogens with two attached hydrogens (primary N) is 1. The number of nitrogens with zero attached hydrogens (tertiary/aromatic N) is 6. The maximum atomic E-state index is 15.0. The van der Waals surface area contributed by atoms with E-state index in [-0.39, 0.29) is 31.4 Å². The van der Waals surface area contributed by atoms with Crippen LogP contribution in [0.1, 0.15) is 27.9 Å². The summed E-state index contributed by atoms with van der Waals surface area (Å²) >= 11 is 0. The van der Waals surface area contributed by atoms with Crippen LogP contribution >= 0.6 is 0 Å². The summed E-state index contributed by atoms with van der Waals surface area (Å²) in [4.78, 5) is 29.1. The van der Waals surface area contributed by atoms with E-state index in [1.54, 1.807) is 15.9 Å². The Bertz CT molecular complexity index is 2140. The number of urea groups is 1. The van der Waals surface area contributed by atoms with Crippen LogP contribution in [0.15, 0.2) is 116 Å². The van der Waals surface area contributed by atoms with Crippen molar-refractivity contribution in [1.82, 2.24) is 29.8 Å². The minimum absolute atomic E-state index is 0.113. The van der Waals surface area contributed by atoms with Gasteiger partial charge < -0.3 is 25.7 Å². The first-order valence-electron chi connectivity index (χ1n) is 16.7. The molecule has 0 bridgehead atoms. The molecule has 4 aromatic carbocycles. The van der Waals surface area contributed by atoms with Gasteiger partial charge in [-0.3, -0.25) is 19.9 Å². The number of H-pyrrole nitrogens is 1. The van der Waals surface area contributed by atoms with Crippen molar-refractivity contribution < 1.29 is 19.9 Å². The zero-order chi connectivity index (χ0) is 35.5. The Balaban J connectivity index is 1.28. The lowest BCUT2D eigenvalue weighted by molar-refractivity contribution is -0.385. The third kappa shape index (κ3) is 7.30. The van der Waals surface area contributed by atoms with E-state index in [4.69, 9.17) is 5.73 Å². The molecule has 0 radical (unpaired) electrons. The predicted molar refractivity (Wildman–Crippen MR) is 191 cm³/mol. The van der Waals surface area contributed by atoms with Gasteiger partial charge in [-0.15, -0.1) is 0 Å². The van der Waals surface area contributed by atoms with Crippen LogP contribution in [0.25, 0.3) is 10.9 Å². The van der Waals surface area contributed by atoms with E-state index >= 15 is 4.79 Å². The molecule has 1 saturated heterocycles. The number of fused-ring (bicyclic) bond motifs is 1. The number of aromatic nitrogens is 4. The number of hydrogen-bond acceptors (Lipinski definition) is 8. The molecule has 6 aromatic rings. The van der Waals surface area contributed by atoms with Gasteiger partial charge in [0.25, 0.3) is 0 Å². The fourth-order valence-corrected chi connectivity index (χ4v) is 6.92. The Morgan fingerprint density at radius 1 is 0.765 bits per heavy atom. The van der Waals surface area contributed by atoms with Gasteiger partial charge in [0.15, 0.2) is 0 Å². The fraction of sp³-hybridized carbons (Fsp3) is 0.237. The molecule has 13 heteroatoms. The number of carbonyl (C=O) groups is 1. The second-order valence-electron chi connectivity index (χ2n) is 13.0. The average molecular weight is 687 g/mol. The van der Waals surface area contributed by atoms with E-state index in [0.29, 0.717) is 29.7 Å². The SMILES string of the molecule is Nc1cccc(CN2C(=O)N(Cc3ccc4n[nH]c(Cn5cc([N+](=O)[O-])cn5)c4c3)[C@H](Cc3ccccc3)[C@H](O)[C@@H](O)[C@H]2Cc2ccccc2)c1. The molecular formula is C38H38N8O5. The van der Waals surface area contributed by atoms with Gasteiger partial charge in [-0.2, -0.15) is 10.2 Å². The number of anilines is 1. The summed E-state index contributed by atoms with van der Waals surface area (Å²) < 4.78 is 1.46. The van der Waals surface area contributed by atoms with Gasteiger partial charge >= 0.3 is 11.7 Å². The number of aromatic amines is 1. The fourth-order valence-electron chi connectivity index (χ4n) is 6.92. The molecule has 260 valence electrons. The minimum atomic E-state index is -1.28. The molecule has 0 saturated carbocycles. The van der Waals surface area contributed by atoms with Crippen molar-refractivity contribution in [1.29, 1.82) is 0 Å². The zero-order valence-corrected chi connectivity index (χ0v) is 27.7. The molecule has 13 nitrogen and oxygen atoms in total. The molecule has 4 atom stereocenters. The molecule has 0 unspecified atom stereocenters. The first-order chi connectivity index (χ1) is 24.7. The molecule has 0 spiro atoms. The van der Waals surface area contributed by atoms with Gasteiger partial charge in [-0.05, 0) is 59.4 Å². The van der Waals surface area contributed by atoms with Crippen LogP contribution in [0.4, 0.5) is 16.2 Å². The highest BCUT2D eigenvalue weighted by molar-refractivity contribution is 5.82. The van der Waals surface area contributed by atoms with Crippen LogP contribution in [-0.2, 0) is 32.5 Å². The number of amides is 2. The molecular weight excluding hydrogens is 648 g/mol. The third-order valence-electron chi connectivity index (χ3n) is 9.51. The van der Waals surface area contributed by atoms with Crippen LogP contribution < -0.4 is 5.73 Å². The Kier molecular flexibility index (Phi) is 9.47. The summed E-state index contributed by atoms with van der Waals surface area (Å²) in [5.74, 6) is 0. The largest absolute Gasteiger partial charge is 0.399 e. The van der Waals surface area contributed by atoms with Gasteiger partial charge in [0.2, 0.25) is 0 Å². The lowest BCUT2D eigenvalue weighted by Gasteiger charge is -2.36. The van der Waals surface area contributed by atoms with E-state index in [0.717, 1.165) is 27.6 Å². The molecule has 1 aliphatic rings. The molecule has 1 fully saturated rings. The van der Waals surface area contributed by atoms with Crippen molar-refractivity contribution in [2.45, 2.75) is 56.8 Å². The summed E-state index contributed by atoms with van der Waals surface area (Å²) in [5, 5.41) is 47.6. The maximum absolute atomic E-state index is 15.0. The number of nitrogens with one attached hydrogen (secondary N) is 1. The van der Waals surface area contributed by atoms with E-state index in [1.807, 2.05) is 97.1 Å². The Morgan fingerprint density at radius 3 is 1.92 bits per heavy atom. The molecule has 5 N–H and O–H groups in total. The van der Waals surface area contributed by atoms with Crippen molar-refractivity contribution in [3.63, 3.8) is 0 Å². The highest BCUT2D eigenvalue weighted by Gasteiger charge is 2.46. The Labute approximate surface area is 293 Å². The normalized spacial score (nSPS) is 19.4. The summed E-state index contributed by atoms with van der Waals surface area (Å²) in [5.41, 5.74) is 11.4. The molecule has 0 aliphatic carbocycles. The summed E-state index contributed by atoms with van der Waals surface area (Å²) in [7, 11) is 0. The standard InChI is InChI=1S/C38H38N8O5/c39-29-13-7-12-27(16-29)21-44-34(18-25-8-3-1-4-9-25)36(47)37(48)35(19-26-10-5-2-6-11-26)45(38(44)49)22-28-14-15-32-31(17-28)33(42-41-32)24-43-23-30(20-40-43)46(50)51/h1-17,20,23,34-37,47-48H,18-19,21-22,24,39H2,(H,41,42)/t34-,35-,36+,37+/m1/s1. The average Bonchev–Trinajstić information content (AvgIpc) is 3.77. The lowest BCUT2D eigenvalue weighted by Crippen LogP contribution is -2.50. The third-order valence-corrected chi connectivity index (χ3v) is 9.51. The minimum Gasteiger partial charge on any atom is -0.399 e. The number of hydrogen-bond donors (Lipinski definition) is 4. The topological polar surface area (TPSA) is 180 Å². The monoisotopic (exact) mass is 686 g/mol. The van der Waals surface area contributed by atoms with Crippen molar-refractivity contribution >= 4 is 28.3 Å². The number of carbonyl (C=O) groups excluding carboxylic acids is 1. The highest BCUT2D eigenvalue weighted by atomic mass is 16.6. The van der Waals surface area contributed by atoms with E-state index in [1.165, 1.54) is 17.1 Å². The van der Waals surface area contributed by atoms with Crippen molar-refractivity contribution in [2.75, 3.05) is 5.73 Å². The van der Waals surface area contributed by atoms with Gasteiger partial charge in [0.1, 0.15) is 24.6 Å². The van der Waals surface area contributed by atoms with Gasteiger partial charge in [0, 0.05) is 24.2 Å². The van der Waals surface area contributed by atoms with E-state index < -0.39 is 29.2 Å². The molecule has 51 heavy (non-hydrogen) atoms. The maximum Gasteiger partial charge on any atom is 0.321 e. The van der Waals surface area contributed by atoms with Gasteiger partial charge in [0.05, 0.1) is 34.8 Å². The predicted octanol–water partition coefficient (Wildman–Crippen LogP) is 4.68. The van der Waals surface area contributed by atoms with Crippen LogP contribution in [0.3, 0.4) is 0 Å². The Hall–Kier alpha value is -6.05. The Morgan fingerprint density at radius 2 is 1.35 bits per heavy atom. The highest BCUT2D eigenvalue weighted by Crippen LogP contribution is 2.31. The van der Waals surface area contributed by atoms with Crippen molar-refractivity contribution in [3.8, 4) is 0 Å². The first-order valence-corrected chi connectivity index (χ1v) is 16.7. The van der Waals surface area contributed by atoms with Crippen LogP contribution in [0.5, 0.6) is 0 Å². The molecule has 2 aromatic heterocycles. The number of benzene rings is 4. The first kappa shape index (κ1) is 33.4. The van der Waals surface area contributed by atoms with Crippen LogP contribution in [-0.4, -0.2) is 75.2 Å². The second kappa shape index (κ2) is 14.4. The smallest absolute Gasteiger partial charge is 0.321 e. The quantitative estimate of drug-likeness (QED) is 0.0862. The van der Waals surface area contributed by atoms with E-state index in [9.17, 15) is 20.3 Å². The second-order valence-corrected chi connectivity index (χ2v) is 13.0.